The topological polar surface area (TPSA) is 70.4 Å². The lowest BCUT2D eigenvalue weighted by atomic mass is 9.86. The van der Waals surface area contributed by atoms with E-state index in [1.807, 2.05) is 42.5 Å². The summed E-state index contributed by atoms with van der Waals surface area (Å²) >= 11 is 0. The maximum Gasteiger partial charge on any atom is 0.363 e. The molecule has 6 nitrogen and oxygen atoms in total. The highest BCUT2D eigenvalue weighted by atomic mass is 16.5. The number of Topliss-reactive ketones (excluding diaryl/α,β-unsaturated/α-hetero) is 1. The van der Waals surface area contributed by atoms with Gasteiger partial charge in [-0.2, -0.15) is 5.10 Å². The van der Waals surface area contributed by atoms with Crippen LogP contribution < -0.4 is 4.74 Å². The van der Waals surface area contributed by atoms with Crippen LogP contribution in [-0.2, 0) is 10.2 Å². The van der Waals surface area contributed by atoms with Gasteiger partial charge in [0.15, 0.2) is 18.1 Å². The van der Waals surface area contributed by atoms with Gasteiger partial charge in [0.05, 0.1) is 19.0 Å². The Morgan fingerprint density at radius 1 is 1.00 bits per heavy atom. The first-order valence-electron chi connectivity index (χ1n) is 9.29. The molecule has 3 rings (SSSR count). The summed E-state index contributed by atoms with van der Waals surface area (Å²) in [5.74, 6) is -0.711. The van der Waals surface area contributed by atoms with Crippen LogP contribution in [0.4, 0.5) is 0 Å². The van der Waals surface area contributed by atoms with Crippen LogP contribution in [0.3, 0.4) is 0 Å². The van der Waals surface area contributed by atoms with Crippen LogP contribution in [0.25, 0.3) is 5.69 Å². The third-order valence-electron chi connectivity index (χ3n) is 4.52. The Morgan fingerprint density at radius 2 is 1.66 bits per heavy atom. The van der Waals surface area contributed by atoms with Gasteiger partial charge < -0.3 is 9.47 Å². The second-order valence-electron chi connectivity index (χ2n) is 7.65. The molecule has 150 valence electrons. The quantitative estimate of drug-likeness (QED) is 0.464. The summed E-state index contributed by atoms with van der Waals surface area (Å²) < 4.78 is 12.0. The highest BCUT2D eigenvalue weighted by Crippen LogP contribution is 2.23. The summed E-state index contributed by atoms with van der Waals surface area (Å²) in [6.45, 7) is 5.95. The molecule has 0 saturated heterocycles. The monoisotopic (exact) mass is 392 g/mol. The maximum atomic E-state index is 12.5. The van der Waals surface area contributed by atoms with Crippen molar-refractivity contribution in [2.45, 2.75) is 26.2 Å². The van der Waals surface area contributed by atoms with Gasteiger partial charge >= 0.3 is 5.97 Å². The van der Waals surface area contributed by atoms with Crippen LogP contribution in [0, 0.1) is 0 Å². The molecule has 3 aromatic rings. The SMILES string of the molecule is COc1cn(-c2ccccc2)nc1C(=O)OCC(=O)c1ccc(C(C)(C)C)cc1. The molecular formula is C23H24N2O4. The van der Waals surface area contributed by atoms with E-state index < -0.39 is 5.97 Å². The fraction of sp³-hybridized carbons (Fsp3) is 0.261. The van der Waals surface area contributed by atoms with Gasteiger partial charge in [0.1, 0.15) is 0 Å². The molecule has 0 aliphatic heterocycles. The van der Waals surface area contributed by atoms with Crippen molar-refractivity contribution in [3.63, 3.8) is 0 Å². The summed E-state index contributed by atoms with van der Waals surface area (Å²) in [7, 11) is 1.45. The zero-order valence-electron chi connectivity index (χ0n) is 17.0. The predicted molar refractivity (Wildman–Crippen MR) is 110 cm³/mol. The molecule has 0 amide bonds. The van der Waals surface area contributed by atoms with Crippen LogP contribution in [0.15, 0.2) is 60.8 Å². The number of hydrogen-bond acceptors (Lipinski definition) is 5. The molecular weight excluding hydrogens is 368 g/mol. The van der Waals surface area contributed by atoms with E-state index in [0.717, 1.165) is 11.3 Å². The summed E-state index contributed by atoms with van der Waals surface area (Å²) in [5, 5.41) is 4.25. The minimum atomic E-state index is -0.712. The predicted octanol–water partition coefficient (Wildman–Crippen LogP) is 4.22. The molecule has 2 aromatic carbocycles. The number of rotatable bonds is 6. The Balaban J connectivity index is 1.69. The van der Waals surface area contributed by atoms with E-state index in [2.05, 4.69) is 25.9 Å². The number of nitrogens with zero attached hydrogens (tertiary/aromatic N) is 2. The van der Waals surface area contributed by atoms with Crippen molar-refractivity contribution in [3.05, 3.63) is 77.6 Å². The van der Waals surface area contributed by atoms with Crippen molar-refractivity contribution in [1.29, 1.82) is 0 Å². The van der Waals surface area contributed by atoms with Gasteiger partial charge in [0.2, 0.25) is 5.69 Å². The Hall–Kier alpha value is -3.41. The van der Waals surface area contributed by atoms with Crippen molar-refractivity contribution in [2.75, 3.05) is 13.7 Å². The second kappa shape index (κ2) is 8.31. The second-order valence-corrected chi connectivity index (χ2v) is 7.65. The molecule has 0 unspecified atom stereocenters. The number of methoxy groups -OCH3 is 1. The largest absolute Gasteiger partial charge is 0.493 e. The van der Waals surface area contributed by atoms with E-state index in [9.17, 15) is 9.59 Å². The lowest BCUT2D eigenvalue weighted by molar-refractivity contribution is 0.0465. The van der Waals surface area contributed by atoms with E-state index in [1.54, 1.807) is 18.3 Å². The highest BCUT2D eigenvalue weighted by molar-refractivity contribution is 5.99. The lowest BCUT2D eigenvalue weighted by Crippen LogP contribution is -2.16. The normalized spacial score (nSPS) is 11.2. The van der Waals surface area contributed by atoms with Gasteiger partial charge in [0.25, 0.3) is 0 Å². The molecule has 1 aromatic heterocycles. The van der Waals surface area contributed by atoms with Gasteiger partial charge in [-0.1, -0.05) is 63.2 Å². The molecule has 0 radical (unpaired) electrons. The Bertz CT molecular complexity index is 1000. The van der Waals surface area contributed by atoms with Gasteiger partial charge in [-0.15, -0.1) is 0 Å². The summed E-state index contributed by atoms with van der Waals surface area (Å²) in [4.78, 5) is 24.8. The molecule has 0 bridgehead atoms. The van der Waals surface area contributed by atoms with Crippen molar-refractivity contribution >= 4 is 11.8 Å². The van der Waals surface area contributed by atoms with Crippen molar-refractivity contribution < 1.29 is 19.1 Å². The lowest BCUT2D eigenvalue weighted by Gasteiger charge is -2.18. The smallest absolute Gasteiger partial charge is 0.363 e. The maximum absolute atomic E-state index is 12.5. The molecule has 6 heteroatoms. The molecule has 0 saturated carbocycles. The minimum absolute atomic E-state index is 0.00216. The number of para-hydroxylation sites is 1. The molecule has 1 heterocycles. The zero-order chi connectivity index (χ0) is 21.0. The number of hydrogen-bond donors (Lipinski definition) is 0. The molecule has 0 spiro atoms. The Morgan fingerprint density at radius 3 is 2.24 bits per heavy atom. The van der Waals surface area contributed by atoms with Crippen molar-refractivity contribution in [3.8, 4) is 11.4 Å². The minimum Gasteiger partial charge on any atom is -0.493 e. The standard InChI is InChI=1S/C23H24N2O4/c1-23(2,3)17-12-10-16(11-13-17)19(26)15-29-22(27)21-20(28-4)14-25(24-21)18-8-6-5-7-9-18/h5-14H,15H2,1-4H3. The number of aromatic nitrogens is 2. The molecule has 29 heavy (non-hydrogen) atoms. The zero-order valence-corrected chi connectivity index (χ0v) is 17.0. The van der Waals surface area contributed by atoms with Crippen molar-refractivity contribution in [2.24, 2.45) is 0 Å². The van der Waals surface area contributed by atoms with Crippen LogP contribution in [0.1, 0.15) is 47.2 Å². The Labute approximate surface area is 170 Å². The van der Waals surface area contributed by atoms with E-state index >= 15 is 0 Å². The first kappa shape index (κ1) is 20.3. The molecule has 0 aliphatic carbocycles. The fourth-order valence-corrected chi connectivity index (χ4v) is 2.80. The summed E-state index contributed by atoms with van der Waals surface area (Å²) in [5.41, 5.74) is 2.42. The number of benzene rings is 2. The van der Waals surface area contributed by atoms with Crippen LogP contribution in [0.2, 0.25) is 0 Å². The number of esters is 1. The van der Waals surface area contributed by atoms with Gasteiger partial charge in [-0.25, -0.2) is 9.48 Å². The first-order chi connectivity index (χ1) is 13.8. The summed E-state index contributed by atoms with van der Waals surface area (Å²) in [6.07, 6.45) is 1.60. The summed E-state index contributed by atoms with van der Waals surface area (Å²) in [6, 6.07) is 16.7. The van der Waals surface area contributed by atoms with Gasteiger partial charge in [-0.05, 0) is 23.1 Å². The third-order valence-corrected chi connectivity index (χ3v) is 4.52. The number of ketones is 1. The van der Waals surface area contributed by atoms with Crippen LogP contribution in [0.5, 0.6) is 5.75 Å². The van der Waals surface area contributed by atoms with Gasteiger partial charge in [0, 0.05) is 5.56 Å². The first-order valence-corrected chi connectivity index (χ1v) is 9.29. The third kappa shape index (κ3) is 4.71. The molecule has 0 atom stereocenters. The van der Waals surface area contributed by atoms with E-state index in [0.29, 0.717) is 5.56 Å². The van der Waals surface area contributed by atoms with E-state index in [1.165, 1.54) is 11.8 Å². The fourth-order valence-electron chi connectivity index (χ4n) is 2.80. The van der Waals surface area contributed by atoms with Crippen molar-refractivity contribution in [1.82, 2.24) is 9.78 Å². The molecule has 0 N–H and O–H groups in total. The van der Waals surface area contributed by atoms with E-state index in [4.69, 9.17) is 9.47 Å². The number of carbonyl (C=O) groups is 2. The number of carbonyl (C=O) groups excluding carboxylic acids is 2. The van der Waals surface area contributed by atoms with Crippen LogP contribution >= 0.6 is 0 Å². The van der Waals surface area contributed by atoms with Crippen LogP contribution in [-0.4, -0.2) is 35.2 Å². The molecule has 0 fully saturated rings. The van der Waals surface area contributed by atoms with Gasteiger partial charge in [-0.3, -0.25) is 4.79 Å². The highest BCUT2D eigenvalue weighted by Gasteiger charge is 2.21. The molecule has 0 aliphatic rings. The Kier molecular flexibility index (Phi) is 5.82. The van der Waals surface area contributed by atoms with E-state index in [-0.39, 0.29) is 29.2 Å². The average Bonchev–Trinajstić information content (AvgIpc) is 3.16. The number of ether oxygens (including phenoxy) is 2. The average molecular weight is 392 g/mol.